The Morgan fingerprint density at radius 1 is 0.420 bits per heavy atom. The zero-order valence-corrected chi connectivity index (χ0v) is 27.4. The lowest BCUT2D eigenvalue weighted by molar-refractivity contribution is 0.669. The molecule has 7 aromatic carbocycles. The van der Waals surface area contributed by atoms with Crippen LogP contribution in [-0.2, 0) is 0 Å². The fourth-order valence-electron chi connectivity index (χ4n) is 6.68. The van der Waals surface area contributed by atoms with Crippen LogP contribution in [-0.4, -0.2) is 19.9 Å². The Bertz CT molecular complexity index is 2860. The molecule has 10 rings (SSSR count). The summed E-state index contributed by atoms with van der Waals surface area (Å²) in [5.41, 5.74) is 8.67. The number of nitrogens with zero attached hydrogens (tertiary/aromatic N) is 4. The van der Waals surface area contributed by atoms with E-state index in [-0.39, 0.29) is 0 Å². The van der Waals surface area contributed by atoms with Crippen LogP contribution in [0.3, 0.4) is 0 Å². The van der Waals surface area contributed by atoms with Crippen LogP contribution in [0.25, 0.3) is 98.8 Å². The van der Waals surface area contributed by atoms with E-state index < -0.39 is 0 Å². The molecule has 0 aliphatic carbocycles. The van der Waals surface area contributed by atoms with Crippen molar-refractivity contribution < 1.29 is 4.42 Å². The summed E-state index contributed by atoms with van der Waals surface area (Å²) in [5, 5.41) is 5.25. The van der Waals surface area contributed by atoms with Crippen LogP contribution in [0.4, 0.5) is 0 Å². The second-order valence-electron chi connectivity index (χ2n) is 12.3. The highest BCUT2D eigenvalue weighted by Crippen LogP contribution is 2.40. The van der Waals surface area contributed by atoms with Crippen molar-refractivity contribution in [3.63, 3.8) is 0 Å². The van der Waals surface area contributed by atoms with Gasteiger partial charge in [0.15, 0.2) is 17.5 Å². The molecule has 0 bridgehead atoms. The molecule has 0 aliphatic rings. The highest BCUT2D eigenvalue weighted by molar-refractivity contribution is 7.21. The number of benzene rings is 7. The second kappa shape index (κ2) is 11.6. The van der Waals surface area contributed by atoms with Gasteiger partial charge in [-0.25, -0.2) is 19.9 Å². The predicted molar refractivity (Wildman–Crippen MR) is 205 cm³/mol. The molecule has 3 heterocycles. The lowest BCUT2D eigenvalue weighted by Crippen LogP contribution is -2.00. The van der Waals surface area contributed by atoms with Gasteiger partial charge in [0, 0.05) is 39.1 Å². The van der Waals surface area contributed by atoms with E-state index >= 15 is 0 Å². The number of furan rings is 1. The van der Waals surface area contributed by atoms with Crippen molar-refractivity contribution in [2.24, 2.45) is 0 Å². The largest absolute Gasteiger partial charge is 0.456 e. The van der Waals surface area contributed by atoms with Gasteiger partial charge >= 0.3 is 0 Å². The highest BCUT2D eigenvalue weighted by Gasteiger charge is 2.19. The topological polar surface area (TPSA) is 64.7 Å². The Balaban J connectivity index is 1.16. The third-order valence-electron chi connectivity index (χ3n) is 9.14. The van der Waals surface area contributed by atoms with Crippen LogP contribution in [0.1, 0.15) is 0 Å². The van der Waals surface area contributed by atoms with Gasteiger partial charge in [-0.3, -0.25) is 0 Å². The molecule has 234 valence electrons. The molecule has 0 fully saturated rings. The Hall–Kier alpha value is -6.50. The van der Waals surface area contributed by atoms with Crippen LogP contribution >= 0.6 is 11.3 Å². The Labute approximate surface area is 291 Å². The lowest BCUT2D eigenvalue weighted by Gasteiger charge is -2.10. The lowest BCUT2D eigenvalue weighted by atomic mass is 9.99. The maximum absolute atomic E-state index is 6.46. The van der Waals surface area contributed by atoms with Crippen molar-refractivity contribution in [2.45, 2.75) is 0 Å². The van der Waals surface area contributed by atoms with Gasteiger partial charge in [-0.2, -0.15) is 0 Å². The van der Waals surface area contributed by atoms with Crippen molar-refractivity contribution in [1.29, 1.82) is 0 Å². The molecule has 10 aromatic rings. The van der Waals surface area contributed by atoms with Crippen LogP contribution in [0, 0.1) is 0 Å². The smallest absolute Gasteiger partial charge is 0.164 e. The average molecular weight is 659 g/mol. The minimum absolute atomic E-state index is 0.592. The van der Waals surface area contributed by atoms with E-state index in [0.29, 0.717) is 17.5 Å². The van der Waals surface area contributed by atoms with Gasteiger partial charge < -0.3 is 4.42 Å². The summed E-state index contributed by atoms with van der Waals surface area (Å²) < 4.78 is 7.56. The van der Waals surface area contributed by atoms with Gasteiger partial charge in [0.05, 0.1) is 10.2 Å². The number of aromatic nitrogens is 4. The zero-order chi connectivity index (χ0) is 33.0. The third kappa shape index (κ3) is 4.93. The molecular formula is C44H26N4OS. The van der Waals surface area contributed by atoms with E-state index in [1.54, 1.807) is 11.3 Å². The molecule has 50 heavy (non-hydrogen) atoms. The first-order valence-corrected chi connectivity index (χ1v) is 17.3. The molecule has 3 aromatic heterocycles. The van der Waals surface area contributed by atoms with Gasteiger partial charge in [0.1, 0.15) is 16.2 Å². The van der Waals surface area contributed by atoms with Gasteiger partial charge in [-0.05, 0) is 46.2 Å². The van der Waals surface area contributed by atoms with Crippen molar-refractivity contribution in [3.05, 3.63) is 158 Å². The third-order valence-corrected chi connectivity index (χ3v) is 10.2. The molecule has 0 saturated heterocycles. The molecule has 0 atom stereocenters. The normalized spacial score (nSPS) is 11.6. The van der Waals surface area contributed by atoms with Crippen molar-refractivity contribution in [1.82, 2.24) is 19.9 Å². The van der Waals surface area contributed by atoms with Gasteiger partial charge in [0.25, 0.3) is 0 Å². The van der Waals surface area contributed by atoms with Gasteiger partial charge in [-0.15, -0.1) is 11.3 Å². The Morgan fingerprint density at radius 2 is 1.06 bits per heavy atom. The minimum Gasteiger partial charge on any atom is -0.456 e. The molecule has 0 unspecified atom stereocenters. The summed E-state index contributed by atoms with van der Waals surface area (Å²) in [5.74, 6) is 1.82. The van der Waals surface area contributed by atoms with E-state index in [2.05, 4.69) is 84.9 Å². The maximum atomic E-state index is 6.46. The first-order chi connectivity index (χ1) is 24.7. The number of hydrogen-bond acceptors (Lipinski definition) is 6. The quantitative estimate of drug-likeness (QED) is 0.184. The molecule has 6 heteroatoms. The van der Waals surface area contributed by atoms with E-state index in [9.17, 15) is 0 Å². The molecular weight excluding hydrogens is 633 g/mol. The van der Waals surface area contributed by atoms with Crippen molar-refractivity contribution in [3.8, 4) is 55.9 Å². The van der Waals surface area contributed by atoms with Crippen molar-refractivity contribution in [2.75, 3.05) is 0 Å². The summed E-state index contributed by atoms with van der Waals surface area (Å²) in [7, 11) is 0. The summed E-state index contributed by atoms with van der Waals surface area (Å²) in [6.07, 6.45) is 0. The van der Waals surface area contributed by atoms with Crippen molar-refractivity contribution >= 4 is 54.3 Å². The van der Waals surface area contributed by atoms with Gasteiger partial charge in [-0.1, -0.05) is 127 Å². The van der Waals surface area contributed by atoms with E-state index in [1.165, 1.54) is 11.1 Å². The molecule has 0 radical (unpaired) electrons. The standard InChI is InChI=1S/C44H26N4OS/c1-4-11-27(12-5-1)31-21-19-28-20-22-32(24-33(28)23-31)42-46-41(29-13-6-2-7-14-29)47-43(48-42)34-17-10-18-37-40(34)35-25-39-36(26-38(35)49-37)45-44(50-39)30-15-8-3-9-16-30/h1-26H. The first kappa shape index (κ1) is 28.5. The van der Waals surface area contributed by atoms with Crippen LogP contribution in [0.15, 0.2) is 162 Å². The Kier molecular flexibility index (Phi) is 6.60. The fraction of sp³-hybridized carbons (Fsp3) is 0. The molecule has 0 amide bonds. The van der Waals surface area contributed by atoms with E-state index in [1.807, 2.05) is 72.8 Å². The summed E-state index contributed by atoms with van der Waals surface area (Å²) >= 11 is 1.68. The molecule has 0 spiro atoms. The molecule has 5 nitrogen and oxygen atoms in total. The van der Waals surface area contributed by atoms with Crippen LogP contribution in [0.2, 0.25) is 0 Å². The van der Waals surface area contributed by atoms with Crippen LogP contribution in [0.5, 0.6) is 0 Å². The Morgan fingerprint density at radius 3 is 1.82 bits per heavy atom. The number of fused-ring (bicyclic) bond motifs is 5. The van der Waals surface area contributed by atoms with E-state index in [0.717, 1.165) is 70.2 Å². The number of rotatable bonds is 5. The number of thiazole rings is 1. The number of hydrogen-bond donors (Lipinski definition) is 0. The van der Waals surface area contributed by atoms with E-state index in [4.69, 9.17) is 24.4 Å². The average Bonchev–Trinajstić information content (AvgIpc) is 3.78. The highest BCUT2D eigenvalue weighted by atomic mass is 32.1. The first-order valence-electron chi connectivity index (χ1n) is 16.5. The minimum atomic E-state index is 0.592. The second-order valence-corrected chi connectivity index (χ2v) is 13.3. The molecule has 0 saturated carbocycles. The molecule has 0 N–H and O–H groups in total. The zero-order valence-electron chi connectivity index (χ0n) is 26.6. The molecule has 0 aliphatic heterocycles. The maximum Gasteiger partial charge on any atom is 0.164 e. The monoisotopic (exact) mass is 658 g/mol. The summed E-state index contributed by atoms with van der Waals surface area (Å²) in [4.78, 5) is 20.2. The SMILES string of the molecule is c1ccc(-c2ccc3ccc(-c4nc(-c5ccccc5)nc(-c5cccc6oc7cc8nc(-c9ccccc9)sc8cc7c56)n4)cc3c2)cc1. The predicted octanol–water partition coefficient (Wildman–Crippen LogP) is 11.9. The fourth-order valence-corrected chi connectivity index (χ4v) is 7.67. The summed E-state index contributed by atoms with van der Waals surface area (Å²) in [6, 6.07) is 54.1. The van der Waals surface area contributed by atoms with Gasteiger partial charge in [0.2, 0.25) is 0 Å². The van der Waals surface area contributed by atoms with Crippen LogP contribution < -0.4 is 0 Å². The summed E-state index contributed by atoms with van der Waals surface area (Å²) in [6.45, 7) is 0.